The molecule has 116 valence electrons. The molecule has 21 heavy (non-hydrogen) atoms. The summed E-state index contributed by atoms with van der Waals surface area (Å²) in [7, 11) is -2.22. The molecule has 1 atom stereocenters. The number of carbonyl (C=O) groups is 1. The number of carbonyl (C=O) groups excluding carboxylic acids is 1. The predicted molar refractivity (Wildman–Crippen MR) is 83.5 cm³/mol. The molecule has 0 aromatic heterocycles. The van der Waals surface area contributed by atoms with Crippen molar-refractivity contribution in [2.24, 2.45) is 0 Å². The van der Waals surface area contributed by atoms with Crippen LogP contribution >= 0.6 is 15.9 Å². The highest BCUT2D eigenvalue weighted by molar-refractivity contribution is 9.10. The van der Waals surface area contributed by atoms with Crippen molar-refractivity contribution in [2.75, 3.05) is 26.7 Å². The molecule has 1 fully saturated rings. The van der Waals surface area contributed by atoms with E-state index in [0.717, 1.165) is 5.56 Å². The zero-order chi connectivity index (χ0) is 15.6. The second-order valence-electron chi connectivity index (χ2n) is 4.88. The average Bonchev–Trinajstić information content (AvgIpc) is 2.46. The van der Waals surface area contributed by atoms with Crippen LogP contribution in [-0.4, -0.2) is 51.4 Å². The second-order valence-corrected chi connectivity index (χ2v) is 7.60. The third-order valence-corrected chi connectivity index (χ3v) is 6.30. The van der Waals surface area contributed by atoms with Crippen LogP contribution in [0.15, 0.2) is 27.6 Å². The van der Waals surface area contributed by atoms with Crippen LogP contribution in [0.3, 0.4) is 0 Å². The molecule has 1 amide bonds. The lowest BCUT2D eigenvalue weighted by Gasteiger charge is -2.34. The molecule has 6 nitrogen and oxygen atoms in total. The average molecular weight is 376 g/mol. The molecule has 2 N–H and O–H groups in total. The topological polar surface area (TPSA) is 78.5 Å². The van der Waals surface area contributed by atoms with Crippen molar-refractivity contribution in [3.63, 3.8) is 0 Å². The largest absolute Gasteiger partial charge is 0.358 e. The number of amides is 1. The normalized spacial score (nSPS) is 20.2. The number of hydrogen-bond acceptors (Lipinski definition) is 4. The third kappa shape index (κ3) is 3.28. The Balaban J connectivity index is 2.43. The van der Waals surface area contributed by atoms with Crippen molar-refractivity contribution < 1.29 is 13.2 Å². The minimum absolute atomic E-state index is 0.184. The van der Waals surface area contributed by atoms with Gasteiger partial charge in [-0.1, -0.05) is 6.07 Å². The molecule has 1 aromatic carbocycles. The lowest BCUT2D eigenvalue weighted by Crippen LogP contribution is -2.59. The first kappa shape index (κ1) is 16.4. The number of sulfonamides is 1. The summed E-state index contributed by atoms with van der Waals surface area (Å²) in [6, 6.07) is 4.33. The van der Waals surface area contributed by atoms with Crippen molar-refractivity contribution in [1.82, 2.24) is 14.9 Å². The van der Waals surface area contributed by atoms with Gasteiger partial charge in [-0.3, -0.25) is 4.79 Å². The number of halogens is 1. The number of benzene rings is 1. The lowest BCUT2D eigenvalue weighted by molar-refractivity contribution is -0.124. The van der Waals surface area contributed by atoms with Gasteiger partial charge in [0.25, 0.3) is 0 Å². The lowest BCUT2D eigenvalue weighted by atomic mass is 10.2. The van der Waals surface area contributed by atoms with Gasteiger partial charge in [-0.15, -0.1) is 0 Å². The van der Waals surface area contributed by atoms with E-state index in [1.165, 1.54) is 11.4 Å². The van der Waals surface area contributed by atoms with Crippen LogP contribution in [0, 0.1) is 6.92 Å². The van der Waals surface area contributed by atoms with Crippen molar-refractivity contribution in [3.8, 4) is 0 Å². The maximum atomic E-state index is 12.8. The monoisotopic (exact) mass is 375 g/mol. The van der Waals surface area contributed by atoms with Gasteiger partial charge in [0.2, 0.25) is 15.9 Å². The highest BCUT2D eigenvalue weighted by Gasteiger charge is 2.38. The highest BCUT2D eigenvalue weighted by Crippen LogP contribution is 2.27. The van der Waals surface area contributed by atoms with Crippen LogP contribution in [0.25, 0.3) is 0 Å². The van der Waals surface area contributed by atoms with Gasteiger partial charge in [0.05, 0.1) is 4.90 Å². The van der Waals surface area contributed by atoms with Crippen molar-refractivity contribution in [3.05, 3.63) is 28.2 Å². The molecule has 0 bridgehead atoms. The van der Waals surface area contributed by atoms with E-state index in [1.807, 2.05) is 6.92 Å². The Kier molecular flexibility index (Phi) is 5.03. The van der Waals surface area contributed by atoms with E-state index < -0.39 is 16.1 Å². The molecule has 0 saturated carbocycles. The number of aryl methyl sites for hydroxylation is 1. The summed E-state index contributed by atoms with van der Waals surface area (Å²) in [6.45, 7) is 2.98. The van der Waals surface area contributed by atoms with Gasteiger partial charge >= 0.3 is 0 Å². The van der Waals surface area contributed by atoms with Gasteiger partial charge < -0.3 is 10.6 Å². The number of nitrogens with zero attached hydrogens (tertiary/aromatic N) is 1. The maximum Gasteiger partial charge on any atom is 0.245 e. The minimum atomic E-state index is -3.73. The van der Waals surface area contributed by atoms with Crippen molar-refractivity contribution >= 4 is 31.9 Å². The van der Waals surface area contributed by atoms with Gasteiger partial charge in [0.15, 0.2) is 0 Å². The molecule has 1 unspecified atom stereocenters. The van der Waals surface area contributed by atoms with E-state index in [-0.39, 0.29) is 17.3 Å². The van der Waals surface area contributed by atoms with Gasteiger partial charge in [-0.25, -0.2) is 8.42 Å². The van der Waals surface area contributed by atoms with Crippen LogP contribution in [0.1, 0.15) is 5.56 Å². The highest BCUT2D eigenvalue weighted by atomic mass is 79.9. The number of hydrogen-bond donors (Lipinski definition) is 2. The van der Waals surface area contributed by atoms with E-state index in [4.69, 9.17) is 0 Å². The summed E-state index contributed by atoms with van der Waals surface area (Å²) >= 11 is 3.30. The zero-order valence-electron chi connectivity index (χ0n) is 11.9. The van der Waals surface area contributed by atoms with E-state index in [1.54, 1.807) is 18.2 Å². The standard InChI is InChI=1S/C13H18BrN3O3S/c1-9-3-4-12(10(14)7-9)21(19,20)17-6-5-16-8-11(17)13(18)15-2/h3-4,7,11,16H,5-6,8H2,1-2H3,(H,15,18). The van der Waals surface area contributed by atoms with Crippen molar-refractivity contribution in [1.29, 1.82) is 0 Å². The van der Waals surface area contributed by atoms with Gasteiger partial charge in [0.1, 0.15) is 6.04 Å². The van der Waals surface area contributed by atoms with Crippen molar-refractivity contribution in [2.45, 2.75) is 17.9 Å². The second kappa shape index (κ2) is 6.43. The first-order valence-electron chi connectivity index (χ1n) is 6.58. The Bertz CT molecular complexity index is 648. The number of nitrogens with one attached hydrogen (secondary N) is 2. The Hall–Kier alpha value is -0.960. The van der Waals surface area contributed by atoms with E-state index in [2.05, 4.69) is 26.6 Å². The van der Waals surface area contributed by atoms with Crippen LogP contribution in [0.2, 0.25) is 0 Å². The fraction of sp³-hybridized carbons (Fsp3) is 0.462. The van der Waals surface area contributed by atoms with Crippen LogP contribution in [0.4, 0.5) is 0 Å². The molecule has 1 heterocycles. The SMILES string of the molecule is CNC(=O)C1CNCCN1S(=O)(=O)c1ccc(C)cc1Br. The summed E-state index contributed by atoms with van der Waals surface area (Å²) in [4.78, 5) is 12.1. The van der Waals surface area contributed by atoms with Crippen LogP contribution in [0.5, 0.6) is 0 Å². The Labute approximate surface area is 133 Å². The van der Waals surface area contributed by atoms with E-state index in [0.29, 0.717) is 17.6 Å². The summed E-state index contributed by atoms with van der Waals surface area (Å²) in [6.07, 6.45) is 0. The fourth-order valence-corrected chi connectivity index (χ4v) is 5.05. The Morgan fingerprint density at radius 3 is 2.81 bits per heavy atom. The molecule has 1 saturated heterocycles. The number of rotatable bonds is 3. The molecule has 0 aliphatic carbocycles. The predicted octanol–water partition coefficient (Wildman–Crippen LogP) is 0.466. The molecular weight excluding hydrogens is 358 g/mol. The molecule has 1 aromatic rings. The van der Waals surface area contributed by atoms with E-state index in [9.17, 15) is 13.2 Å². The molecule has 0 spiro atoms. The maximum absolute atomic E-state index is 12.8. The molecule has 2 rings (SSSR count). The van der Waals surface area contributed by atoms with Crippen LogP contribution in [-0.2, 0) is 14.8 Å². The third-order valence-electron chi connectivity index (χ3n) is 3.42. The molecular formula is C13H18BrN3O3S. The Morgan fingerprint density at radius 2 is 2.19 bits per heavy atom. The zero-order valence-corrected chi connectivity index (χ0v) is 14.3. The summed E-state index contributed by atoms with van der Waals surface area (Å²) in [5.41, 5.74) is 0.962. The van der Waals surface area contributed by atoms with Gasteiger partial charge in [0, 0.05) is 31.2 Å². The first-order valence-corrected chi connectivity index (χ1v) is 8.81. The molecule has 0 radical (unpaired) electrons. The van der Waals surface area contributed by atoms with Gasteiger partial charge in [-0.2, -0.15) is 4.31 Å². The number of likely N-dealkylation sites (N-methyl/N-ethyl adjacent to an activating group) is 1. The molecule has 1 aliphatic rings. The number of piperazine rings is 1. The van der Waals surface area contributed by atoms with E-state index >= 15 is 0 Å². The Morgan fingerprint density at radius 1 is 1.48 bits per heavy atom. The van der Waals surface area contributed by atoms with Gasteiger partial charge in [-0.05, 0) is 40.5 Å². The quantitative estimate of drug-likeness (QED) is 0.804. The fourth-order valence-electron chi connectivity index (χ4n) is 2.30. The minimum Gasteiger partial charge on any atom is -0.358 e. The summed E-state index contributed by atoms with van der Waals surface area (Å²) in [5.74, 6) is -0.311. The summed E-state index contributed by atoms with van der Waals surface area (Å²) in [5, 5.41) is 5.56. The first-order chi connectivity index (χ1) is 9.87. The molecule has 8 heteroatoms. The van der Waals surface area contributed by atoms with Crippen LogP contribution < -0.4 is 10.6 Å². The summed E-state index contributed by atoms with van der Waals surface area (Å²) < 4.78 is 27.4. The molecule has 1 aliphatic heterocycles. The smallest absolute Gasteiger partial charge is 0.245 e.